The highest BCUT2D eigenvalue weighted by molar-refractivity contribution is 6.30. The fourth-order valence-corrected chi connectivity index (χ4v) is 3.43. The predicted molar refractivity (Wildman–Crippen MR) is 118 cm³/mol. The average Bonchev–Trinajstić information content (AvgIpc) is 3.04. The molecule has 1 aliphatic heterocycles. The lowest BCUT2D eigenvalue weighted by Gasteiger charge is -2.20. The van der Waals surface area contributed by atoms with Gasteiger partial charge in [0.2, 0.25) is 11.5 Å². The molecule has 1 aromatic heterocycles. The molecule has 2 aromatic carbocycles. The largest absolute Gasteiger partial charge is 0.455 e. The first-order valence-electron chi connectivity index (χ1n) is 10.1. The van der Waals surface area contributed by atoms with E-state index in [1.807, 2.05) is 6.92 Å². The summed E-state index contributed by atoms with van der Waals surface area (Å²) in [5.41, 5.74) is -0.163. The minimum absolute atomic E-state index is 0.443. The van der Waals surface area contributed by atoms with Crippen molar-refractivity contribution in [2.45, 2.75) is 32.3 Å². The summed E-state index contributed by atoms with van der Waals surface area (Å²) >= 11 is 5.92. The van der Waals surface area contributed by atoms with Crippen molar-refractivity contribution < 1.29 is 23.8 Å². The van der Waals surface area contributed by atoms with Crippen LogP contribution in [0.1, 0.15) is 31.5 Å². The van der Waals surface area contributed by atoms with Gasteiger partial charge in [0.05, 0.1) is 5.69 Å². The first-order valence-corrected chi connectivity index (χ1v) is 10.5. The van der Waals surface area contributed by atoms with Crippen molar-refractivity contribution in [3.8, 4) is 23.1 Å². The maximum atomic E-state index is 12.2. The minimum atomic E-state index is -1.41. The third-order valence-corrected chi connectivity index (χ3v) is 5.24. The van der Waals surface area contributed by atoms with Crippen molar-refractivity contribution in [1.82, 2.24) is 10.3 Å². The topological polar surface area (TPSA) is 86.8 Å². The fourth-order valence-electron chi connectivity index (χ4n) is 3.30. The zero-order valence-electron chi connectivity index (χ0n) is 17.6. The molecular weight excluding hydrogens is 432 g/mol. The Balaban J connectivity index is 1.58. The molecule has 3 aromatic rings. The number of cyclic esters (lactones) is 1. The average molecular weight is 453 g/mol. The van der Waals surface area contributed by atoms with E-state index in [1.54, 1.807) is 67.6 Å². The van der Waals surface area contributed by atoms with Crippen LogP contribution in [0.5, 0.6) is 23.1 Å². The number of hydrogen-bond acceptors (Lipinski definition) is 6. The van der Waals surface area contributed by atoms with Gasteiger partial charge in [-0.25, -0.2) is 9.78 Å². The number of aryl methyl sites for hydroxylation is 1. The van der Waals surface area contributed by atoms with Crippen LogP contribution >= 0.6 is 11.6 Å². The van der Waals surface area contributed by atoms with Gasteiger partial charge < -0.3 is 14.2 Å². The van der Waals surface area contributed by atoms with E-state index in [0.29, 0.717) is 40.1 Å². The van der Waals surface area contributed by atoms with E-state index >= 15 is 0 Å². The lowest BCUT2D eigenvalue weighted by Crippen LogP contribution is -2.33. The third kappa shape index (κ3) is 4.53. The van der Waals surface area contributed by atoms with Crippen LogP contribution in [0.3, 0.4) is 0 Å². The number of nitrogens with zero attached hydrogens (tertiary/aromatic N) is 1. The number of halogens is 1. The molecule has 8 heteroatoms. The Morgan fingerprint density at radius 2 is 1.81 bits per heavy atom. The van der Waals surface area contributed by atoms with Crippen molar-refractivity contribution in [3.05, 3.63) is 76.9 Å². The molecule has 0 bridgehead atoms. The van der Waals surface area contributed by atoms with Gasteiger partial charge in [-0.1, -0.05) is 37.1 Å². The number of carbonyl (C=O) groups is 2. The van der Waals surface area contributed by atoms with E-state index in [0.717, 1.165) is 12.1 Å². The summed E-state index contributed by atoms with van der Waals surface area (Å²) in [5.74, 6) is 1.62. The van der Waals surface area contributed by atoms with Crippen LogP contribution in [0, 0.1) is 0 Å². The molecule has 0 spiro atoms. The van der Waals surface area contributed by atoms with E-state index in [9.17, 15) is 9.59 Å². The van der Waals surface area contributed by atoms with Gasteiger partial charge in [0.15, 0.2) is 0 Å². The second-order valence-electron chi connectivity index (χ2n) is 7.41. The molecule has 2 amide bonds. The number of nitrogens with one attached hydrogen (secondary N) is 1. The van der Waals surface area contributed by atoms with Crippen molar-refractivity contribution in [2.75, 3.05) is 0 Å². The summed E-state index contributed by atoms with van der Waals surface area (Å²) in [5, 5.41) is 2.78. The SMILES string of the molecule is CCCc1nc(Oc2ccc(Cl)cc2)ccc1Oc1cccc(C2(C)OC(=O)NC2=O)c1. The lowest BCUT2D eigenvalue weighted by atomic mass is 9.95. The predicted octanol–water partition coefficient (Wildman–Crippen LogP) is 5.75. The molecule has 1 aliphatic rings. The quantitative estimate of drug-likeness (QED) is 0.491. The molecule has 1 atom stereocenters. The smallest absolute Gasteiger partial charge is 0.415 e. The van der Waals surface area contributed by atoms with Gasteiger partial charge >= 0.3 is 6.09 Å². The second kappa shape index (κ2) is 8.88. The maximum absolute atomic E-state index is 12.2. The number of pyridine rings is 1. The maximum Gasteiger partial charge on any atom is 0.415 e. The summed E-state index contributed by atoms with van der Waals surface area (Å²) in [7, 11) is 0. The molecule has 4 rings (SSSR count). The van der Waals surface area contributed by atoms with Gasteiger partial charge in [-0.2, -0.15) is 0 Å². The Kier molecular flexibility index (Phi) is 6.01. The molecular formula is C24H21ClN2O5. The number of hydrogen-bond donors (Lipinski definition) is 1. The van der Waals surface area contributed by atoms with Gasteiger partial charge in [-0.15, -0.1) is 0 Å². The van der Waals surface area contributed by atoms with Crippen molar-refractivity contribution in [2.24, 2.45) is 0 Å². The van der Waals surface area contributed by atoms with Crippen LogP contribution in [-0.2, 0) is 21.6 Å². The number of benzene rings is 2. The highest BCUT2D eigenvalue weighted by Crippen LogP contribution is 2.34. The summed E-state index contributed by atoms with van der Waals surface area (Å²) in [6.07, 6.45) is 0.779. The summed E-state index contributed by atoms with van der Waals surface area (Å²) in [6.45, 7) is 3.59. The molecule has 1 fully saturated rings. The zero-order chi connectivity index (χ0) is 22.7. The van der Waals surface area contributed by atoms with E-state index in [1.165, 1.54) is 0 Å². The normalized spacial score (nSPS) is 17.6. The lowest BCUT2D eigenvalue weighted by molar-refractivity contribution is -0.130. The number of alkyl carbamates (subject to hydrolysis) is 1. The molecule has 1 saturated heterocycles. The molecule has 0 saturated carbocycles. The van der Waals surface area contributed by atoms with Crippen LogP contribution in [0.2, 0.25) is 5.02 Å². The summed E-state index contributed by atoms with van der Waals surface area (Å²) in [4.78, 5) is 28.3. The monoisotopic (exact) mass is 452 g/mol. The van der Waals surface area contributed by atoms with E-state index in [-0.39, 0.29) is 0 Å². The highest BCUT2D eigenvalue weighted by atomic mass is 35.5. The molecule has 32 heavy (non-hydrogen) atoms. The molecule has 1 N–H and O–H groups in total. The zero-order valence-corrected chi connectivity index (χ0v) is 18.3. The number of amides is 2. The Morgan fingerprint density at radius 3 is 2.50 bits per heavy atom. The molecule has 7 nitrogen and oxygen atoms in total. The van der Waals surface area contributed by atoms with Crippen LogP contribution in [0.15, 0.2) is 60.7 Å². The number of aromatic nitrogens is 1. The number of rotatable bonds is 7. The Bertz CT molecular complexity index is 1170. The number of ether oxygens (including phenoxy) is 3. The van der Waals surface area contributed by atoms with Gasteiger partial charge in [0.25, 0.3) is 5.91 Å². The Morgan fingerprint density at radius 1 is 1.03 bits per heavy atom. The molecule has 0 radical (unpaired) electrons. The molecule has 1 unspecified atom stereocenters. The highest BCUT2D eigenvalue weighted by Gasteiger charge is 2.46. The second-order valence-corrected chi connectivity index (χ2v) is 7.84. The Labute approximate surface area is 190 Å². The minimum Gasteiger partial charge on any atom is -0.455 e. The van der Waals surface area contributed by atoms with Gasteiger partial charge in [-0.3, -0.25) is 10.1 Å². The van der Waals surface area contributed by atoms with Crippen LogP contribution in [0.4, 0.5) is 4.79 Å². The van der Waals surface area contributed by atoms with Crippen molar-refractivity contribution in [1.29, 1.82) is 0 Å². The standard InChI is InChI=1S/C24H21ClN2O5/c1-3-5-19-20(12-13-21(26-19)31-17-10-8-16(25)9-11-17)30-18-7-4-6-15(14-18)24(2)22(28)27-23(29)32-24/h4,6-14H,3,5H2,1-2H3,(H,27,28,29). The van der Waals surface area contributed by atoms with E-state index in [4.69, 9.17) is 25.8 Å². The summed E-state index contributed by atoms with van der Waals surface area (Å²) < 4.78 is 17.1. The molecule has 0 aliphatic carbocycles. The number of imide groups is 1. The summed E-state index contributed by atoms with van der Waals surface area (Å²) in [6, 6.07) is 17.4. The van der Waals surface area contributed by atoms with Crippen molar-refractivity contribution >= 4 is 23.6 Å². The van der Waals surface area contributed by atoms with Gasteiger partial charge in [0, 0.05) is 16.7 Å². The first-order chi connectivity index (χ1) is 15.4. The van der Waals surface area contributed by atoms with Crippen molar-refractivity contribution in [3.63, 3.8) is 0 Å². The van der Waals surface area contributed by atoms with Crippen LogP contribution < -0.4 is 14.8 Å². The molecule has 164 valence electrons. The Hall–Kier alpha value is -3.58. The third-order valence-electron chi connectivity index (χ3n) is 4.99. The first kappa shape index (κ1) is 21.6. The van der Waals surface area contributed by atoms with Gasteiger partial charge in [-0.05, 0) is 55.8 Å². The fraction of sp³-hybridized carbons (Fsp3) is 0.208. The number of carbonyl (C=O) groups excluding carboxylic acids is 2. The van der Waals surface area contributed by atoms with Crippen LogP contribution in [-0.4, -0.2) is 17.0 Å². The van der Waals surface area contributed by atoms with Crippen LogP contribution in [0.25, 0.3) is 0 Å². The van der Waals surface area contributed by atoms with Gasteiger partial charge in [0.1, 0.15) is 17.2 Å². The van der Waals surface area contributed by atoms with E-state index < -0.39 is 17.6 Å². The molecule has 2 heterocycles. The van der Waals surface area contributed by atoms with E-state index in [2.05, 4.69) is 10.3 Å².